The first-order valence-corrected chi connectivity index (χ1v) is 7.87. The summed E-state index contributed by atoms with van der Waals surface area (Å²) in [6.45, 7) is 10.0. The van der Waals surface area contributed by atoms with Gasteiger partial charge in [-0.15, -0.1) is 0 Å². The van der Waals surface area contributed by atoms with Crippen LogP contribution in [0.1, 0.15) is 39.4 Å². The molecule has 0 radical (unpaired) electrons. The van der Waals surface area contributed by atoms with E-state index in [0.29, 0.717) is 0 Å². The van der Waals surface area contributed by atoms with E-state index in [2.05, 4.69) is 54.0 Å². The van der Waals surface area contributed by atoms with E-state index in [1.807, 2.05) is 0 Å². The Morgan fingerprint density at radius 1 is 1.42 bits per heavy atom. The average Bonchev–Trinajstić information content (AvgIpc) is 2.77. The van der Waals surface area contributed by atoms with Gasteiger partial charge < -0.3 is 9.80 Å². The summed E-state index contributed by atoms with van der Waals surface area (Å²) in [5.41, 5.74) is 0.0423. The van der Waals surface area contributed by atoms with Crippen molar-refractivity contribution in [2.45, 2.75) is 39.0 Å². The first-order valence-electron chi connectivity index (χ1n) is 7.10. The summed E-state index contributed by atoms with van der Waals surface area (Å²) in [5, 5.41) is 1.05. The van der Waals surface area contributed by atoms with Gasteiger partial charge >= 0.3 is 0 Å². The Hall–Kier alpha value is -0.680. The van der Waals surface area contributed by atoms with Crippen molar-refractivity contribution in [3.63, 3.8) is 0 Å². The number of piperidine rings is 1. The maximum Gasteiger partial charge on any atom is 0.204 e. The molecule has 1 saturated heterocycles. The normalized spacial score (nSPS) is 21.6. The van der Waals surface area contributed by atoms with Gasteiger partial charge in [-0.25, -0.2) is 4.98 Å². The molecule has 1 aromatic rings. The van der Waals surface area contributed by atoms with E-state index >= 15 is 0 Å². The van der Waals surface area contributed by atoms with Gasteiger partial charge in [0, 0.05) is 37.1 Å². The second kappa shape index (κ2) is 5.75. The first kappa shape index (κ1) is 14.7. The molecule has 2 heterocycles. The van der Waals surface area contributed by atoms with Crippen LogP contribution >= 0.6 is 11.5 Å². The van der Waals surface area contributed by atoms with Crippen molar-refractivity contribution in [1.82, 2.24) is 14.3 Å². The van der Waals surface area contributed by atoms with Gasteiger partial charge in [-0.1, -0.05) is 20.8 Å². The molecule has 4 nitrogen and oxygen atoms in total. The first-order chi connectivity index (χ1) is 8.86. The summed E-state index contributed by atoms with van der Waals surface area (Å²) in [4.78, 5) is 9.39. The van der Waals surface area contributed by atoms with E-state index in [0.717, 1.165) is 23.4 Å². The minimum Gasteiger partial charge on any atom is -0.350 e. The molecule has 1 aromatic heterocycles. The second-order valence-corrected chi connectivity index (χ2v) is 7.53. The molecule has 1 aliphatic rings. The third-order valence-electron chi connectivity index (χ3n) is 3.67. The van der Waals surface area contributed by atoms with Crippen LogP contribution in [-0.2, 0) is 5.41 Å². The highest BCUT2D eigenvalue weighted by Crippen LogP contribution is 2.26. The molecular weight excluding hydrogens is 256 g/mol. The van der Waals surface area contributed by atoms with Gasteiger partial charge in [0.05, 0.1) is 0 Å². The molecule has 0 amide bonds. The van der Waals surface area contributed by atoms with E-state index in [1.165, 1.54) is 37.5 Å². The number of likely N-dealkylation sites (tertiary alicyclic amines) is 1. The third kappa shape index (κ3) is 3.89. The van der Waals surface area contributed by atoms with Gasteiger partial charge in [0.1, 0.15) is 5.82 Å². The highest BCUT2D eigenvalue weighted by atomic mass is 32.1. The topological polar surface area (TPSA) is 32.3 Å². The Balaban J connectivity index is 1.96. The van der Waals surface area contributed by atoms with E-state index in [-0.39, 0.29) is 5.41 Å². The Kier molecular flexibility index (Phi) is 4.46. The summed E-state index contributed by atoms with van der Waals surface area (Å²) < 4.78 is 4.50. The maximum atomic E-state index is 4.69. The zero-order valence-electron chi connectivity index (χ0n) is 12.8. The molecule has 19 heavy (non-hydrogen) atoms. The van der Waals surface area contributed by atoms with Crippen molar-refractivity contribution in [1.29, 1.82) is 0 Å². The lowest BCUT2D eigenvalue weighted by Crippen LogP contribution is -2.38. The second-order valence-electron chi connectivity index (χ2n) is 6.80. The molecule has 0 spiro atoms. The predicted octanol–water partition coefficient (Wildman–Crippen LogP) is 2.61. The minimum absolute atomic E-state index is 0.0423. The number of aromatic nitrogens is 2. The van der Waals surface area contributed by atoms with Crippen LogP contribution in [0.15, 0.2) is 0 Å². The van der Waals surface area contributed by atoms with Crippen LogP contribution in [0.2, 0.25) is 0 Å². The fourth-order valence-electron chi connectivity index (χ4n) is 2.56. The number of rotatable bonds is 3. The Morgan fingerprint density at radius 3 is 2.74 bits per heavy atom. The lowest BCUT2D eigenvalue weighted by atomic mass is 9.96. The van der Waals surface area contributed by atoms with E-state index in [9.17, 15) is 0 Å². The van der Waals surface area contributed by atoms with Gasteiger partial charge in [-0.2, -0.15) is 4.37 Å². The highest BCUT2D eigenvalue weighted by Gasteiger charge is 2.23. The quantitative estimate of drug-likeness (QED) is 0.853. The molecule has 2 rings (SSSR count). The molecule has 1 fully saturated rings. The van der Waals surface area contributed by atoms with E-state index in [4.69, 9.17) is 0 Å². The van der Waals surface area contributed by atoms with Gasteiger partial charge in [-0.05, 0) is 32.4 Å². The average molecular weight is 282 g/mol. The fourth-order valence-corrected chi connectivity index (χ4v) is 3.39. The Morgan fingerprint density at radius 2 is 2.16 bits per heavy atom. The van der Waals surface area contributed by atoms with Crippen molar-refractivity contribution in [3.8, 4) is 0 Å². The molecule has 5 heteroatoms. The molecule has 0 bridgehead atoms. The summed E-state index contributed by atoms with van der Waals surface area (Å²) in [6, 6.07) is 0. The van der Waals surface area contributed by atoms with Crippen LogP contribution in [0, 0.1) is 5.92 Å². The van der Waals surface area contributed by atoms with Gasteiger partial charge in [0.25, 0.3) is 0 Å². The smallest absolute Gasteiger partial charge is 0.204 e. The molecule has 0 N–H and O–H groups in total. The lowest BCUT2D eigenvalue weighted by Gasteiger charge is -2.32. The minimum atomic E-state index is 0.0423. The fraction of sp³-hybridized carbons (Fsp3) is 0.857. The molecule has 0 saturated carbocycles. The Bertz CT molecular complexity index is 410. The zero-order chi connectivity index (χ0) is 14.0. The van der Waals surface area contributed by atoms with Crippen molar-refractivity contribution in [2.24, 2.45) is 5.92 Å². The van der Waals surface area contributed by atoms with Gasteiger partial charge in [0.15, 0.2) is 0 Å². The van der Waals surface area contributed by atoms with E-state index in [1.54, 1.807) is 0 Å². The van der Waals surface area contributed by atoms with Crippen LogP contribution < -0.4 is 4.90 Å². The summed E-state index contributed by atoms with van der Waals surface area (Å²) in [7, 11) is 4.36. The van der Waals surface area contributed by atoms with Crippen molar-refractivity contribution in [2.75, 3.05) is 38.6 Å². The van der Waals surface area contributed by atoms with Crippen LogP contribution in [0.5, 0.6) is 0 Å². The van der Waals surface area contributed by atoms with Crippen LogP contribution in [0.3, 0.4) is 0 Å². The number of hydrogen-bond acceptors (Lipinski definition) is 5. The molecule has 1 aliphatic heterocycles. The third-order valence-corrected chi connectivity index (χ3v) is 4.50. The van der Waals surface area contributed by atoms with Crippen LogP contribution in [0.25, 0.3) is 0 Å². The monoisotopic (exact) mass is 282 g/mol. The number of nitrogens with zero attached hydrogens (tertiary/aromatic N) is 4. The van der Waals surface area contributed by atoms with Crippen molar-refractivity contribution in [3.05, 3.63) is 5.82 Å². The number of hydrogen-bond donors (Lipinski definition) is 0. The molecule has 1 unspecified atom stereocenters. The molecule has 0 aliphatic carbocycles. The predicted molar refractivity (Wildman–Crippen MR) is 82.1 cm³/mol. The SMILES string of the molecule is CN1CCCC(CN(C)c2nc(C(C)(C)C)ns2)C1. The standard InChI is InChI=1S/C14H26N4S/c1-14(2,3)12-15-13(19-16-12)18(5)10-11-7-6-8-17(4)9-11/h11H,6-10H2,1-5H3. The lowest BCUT2D eigenvalue weighted by molar-refractivity contribution is 0.213. The molecule has 0 aromatic carbocycles. The van der Waals surface area contributed by atoms with Gasteiger partial charge in [0.2, 0.25) is 5.13 Å². The Labute approximate surface area is 121 Å². The van der Waals surface area contributed by atoms with E-state index < -0.39 is 0 Å². The maximum absolute atomic E-state index is 4.69. The molecular formula is C14H26N4S. The van der Waals surface area contributed by atoms with Crippen LogP contribution in [-0.4, -0.2) is 48.0 Å². The number of anilines is 1. The summed E-state index contributed by atoms with van der Waals surface area (Å²) in [5.74, 6) is 1.71. The molecule has 108 valence electrons. The van der Waals surface area contributed by atoms with Gasteiger partial charge in [-0.3, -0.25) is 0 Å². The summed E-state index contributed by atoms with van der Waals surface area (Å²) >= 11 is 1.53. The van der Waals surface area contributed by atoms with Crippen LogP contribution in [0.4, 0.5) is 5.13 Å². The van der Waals surface area contributed by atoms with Crippen molar-refractivity contribution < 1.29 is 0 Å². The largest absolute Gasteiger partial charge is 0.350 e. The highest BCUT2D eigenvalue weighted by molar-refractivity contribution is 7.09. The van der Waals surface area contributed by atoms with Crippen molar-refractivity contribution >= 4 is 16.7 Å². The summed E-state index contributed by atoms with van der Waals surface area (Å²) in [6.07, 6.45) is 2.65. The molecule has 1 atom stereocenters. The zero-order valence-corrected chi connectivity index (χ0v) is 13.6.